The summed E-state index contributed by atoms with van der Waals surface area (Å²) in [5.41, 5.74) is -0.274. The van der Waals surface area contributed by atoms with Crippen molar-refractivity contribution in [3.8, 4) is 0 Å². The zero-order chi connectivity index (χ0) is 15.6. The van der Waals surface area contributed by atoms with Gasteiger partial charge in [-0.15, -0.1) is 11.3 Å². The Kier molecular flexibility index (Phi) is 4.51. The van der Waals surface area contributed by atoms with E-state index in [2.05, 4.69) is 4.98 Å². The van der Waals surface area contributed by atoms with Crippen molar-refractivity contribution in [2.45, 2.75) is 45.2 Å². The summed E-state index contributed by atoms with van der Waals surface area (Å²) >= 11 is 1.54. The van der Waals surface area contributed by atoms with Gasteiger partial charge in [0.15, 0.2) is 0 Å². The number of aryl methyl sites for hydroxylation is 1. The quantitative estimate of drug-likeness (QED) is 0.930. The largest absolute Gasteiger partial charge is 0.480 e. The molecule has 116 valence electrons. The molecule has 0 bridgehead atoms. The highest BCUT2D eigenvalue weighted by Crippen LogP contribution is 2.29. The molecular weight excluding hydrogens is 290 g/mol. The first-order chi connectivity index (χ1) is 9.84. The highest BCUT2D eigenvalue weighted by atomic mass is 32.1. The van der Waals surface area contributed by atoms with Crippen LogP contribution in [0.2, 0.25) is 0 Å². The van der Waals surface area contributed by atoms with Gasteiger partial charge in [0.1, 0.15) is 5.54 Å². The molecule has 21 heavy (non-hydrogen) atoms. The third-order valence-electron chi connectivity index (χ3n) is 3.97. The van der Waals surface area contributed by atoms with Crippen molar-refractivity contribution in [3.63, 3.8) is 0 Å². The van der Waals surface area contributed by atoms with Gasteiger partial charge in [-0.2, -0.15) is 0 Å². The molecule has 1 fully saturated rings. The molecule has 1 aromatic heterocycles. The number of likely N-dealkylation sites (tertiary alicyclic amines) is 1. The summed E-state index contributed by atoms with van der Waals surface area (Å²) in [7, 11) is 1.69. The average molecular weight is 311 g/mol. The third kappa shape index (κ3) is 3.18. The van der Waals surface area contributed by atoms with Crippen molar-refractivity contribution in [2.75, 3.05) is 13.6 Å². The lowest BCUT2D eigenvalue weighted by atomic mass is 9.89. The Labute approximate surface area is 128 Å². The van der Waals surface area contributed by atoms with Crippen molar-refractivity contribution in [1.82, 2.24) is 14.8 Å². The predicted molar refractivity (Wildman–Crippen MR) is 80.3 cm³/mol. The van der Waals surface area contributed by atoms with Crippen LogP contribution >= 0.6 is 11.3 Å². The van der Waals surface area contributed by atoms with E-state index in [1.165, 1.54) is 4.90 Å². The number of aliphatic carboxylic acids is 1. The minimum Gasteiger partial charge on any atom is -0.480 e. The van der Waals surface area contributed by atoms with Crippen LogP contribution in [-0.2, 0) is 11.3 Å². The molecule has 0 aliphatic carbocycles. The van der Waals surface area contributed by atoms with Crippen molar-refractivity contribution < 1.29 is 14.7 Å². The van der Waals surface area contributed by atoms with Gasteiger partial charge in [0.25, 0.3) is 0 Å². The second-order valence-corrected chi connectivity index (χ2v) is 6.75. The Bertz CT molecular complexity index is 545. The Hall–Kier alpha value is -1.63. The van der Waals surface area contributed by atoms with Crippen LogP contribution in [0, 0.1) is 6.92 Å². The summed E-state index contributed by atoms with van der Waals surface area (Å²) in [5.74, 6) is -0.937. The van der Waals surface area contributed by atoms with Crippen molar-refractivity contribution >= 4 is 23.3 Å². The maximum absolute atomic E-state index is 12.6. The summed E-state index contributed by atoms with van der Waals surface area (Å²) in [6.07, 6.45) is 2.18. The van der Waals surface area contributed by atoms with E-state index in [0.717, 1.165) is 23.5 Å². The number of hydrogen-bond acceptors (Lipinski definition) is 4. The standard InChI is InChI=1S/C14H21N3O3S/c1-10-15-11(9-21-10)8-16(3)13(20)17-7-5-4-6-14(17,2)12(18)19/h9H,4-8H2,1-3H3,(H,18,19). The molecule has 0 saturated carbocycles. The van der Waals surface area contributed by atoms with Gasteiger partial charge in [0, 0.05) is 19.0 Å². The predicted octanol–water partition coefficient (Wildman–Crippen LogP) is 2.33. The summed E-state index contributed by atoms with van der Waals surface area (Å²) in [6, 6.07) is -0.245. The zero-order valence-electron chi connectivity index (χ0n) is 12.6. The molecule has 2 amide bonds. The fraction of sp³-hybridized carbons (Fsp3) is 0.643. The van der Waals surface area contributed by atoms with Crippen LogP contribution in [-0.4, -0.2) is 51.0 Å². The van der Waals surface area contributed by atoms with Crippen LogP contribution in [0.5, 0.6) is 0 Å². The first-order valence-electron chi connectivity index (χ1n) is 7.02. The third-order valence-corrected chi connectivity index (χ3v) is 4.80. The summed E-state index contributed by atoms with van der Waals surface area (Å²) in [5, 5.41) is 12.3. The highest BCUT2D eigenvalue weighted by molar-refractivity contribution is 7.09. The Morgan fingerprint density at radius 1 is 1.52 bits per heavy atom. The number of carboxylic acid groups (broad SMARTS) is 1. The van der Waals surface area contributed by atoms with Gasteiger partial charge >= 0.3 is 12.0 Å². The van der Waals surface area contributed by atoms with Crippen LogP contribution in [0.3, 0.4) is 0 Å². The van der Waals surface area contributed by atoms with E-state index in [0.29, 0.717) is 19.5 Å². The summed E-state index contributed by atoms with van der Waals surface area (Å²) < 4.78 is 0. The lowest BCUT2D eigenvalue weighted by molar-refractivity contribution is -0.150. The van der Waals surface area contributed by atoms with Crippen LogP contribution in [0.15, 0.2) is 5.38 Å². The van der Waals surface area contributed by atoms with E-state index < -0.39 is 11.5 Å². The molecule has 1 aromatic rings. The van der Waals surface area contributed by atoms with Crippen molar-refractivity contribution in [3.05, 3.63) is 16.1 Å². The molecule has 1 aliphatic heterocycles. The molecule has 0 aromatic carbocycles. The van der Waals surface area contributed by atoms with E-state index in [-0.39, 0.29) is 6.03 Å². The van der Waals surface area contributed by atoms with Crippen LogP contribution < -0.4 is 0 Å². The first-order valence-corrected chi connectivity index (χ1v) is 7.89. The second kappa shape index (κ2) is 6.01. The number of amides is 2. The number of carbonyl (C=O) groups excluding carboxylic acids is 1. The number of thiazole rings is 1. The molecule has 0 radical (unpaired) electrons. The molecule has 1 unspecified atom stereocenters. The minimum atomic E-state index is -1.11. The van der Waals surface area contributed by atoms with E-state index in [1.54, 1.807) is 30.2 Å². The smallest absolute Gasteiger partial charge is 0.329 e. The van der Waals surface area contributed by atoms with Crippen LogP contribution in [0.1, 0.15) is 36.9 Å². The topological polar surface area (TPSA) is 73.7 Å². The zero-order valence-corrected chi connectivity index (χ0v) is 13.4. The van der Waals surface area contributed by atoms with E-state index >= 15 is 0 Å². The number of carbonyl (C=O) groups is 2. The number of carboxylic acids is 1. The maximum Gasteiger partial charge on any atom is 0.329 e. The molecule has 2 rings (SSSR count). The SMILES string of the molecule is Cc1nc(CN(C)C(=O)N2CCCCC2(C)C(=O)O)cs1. The lowest BCUT2D eigenvalue weighted by Gasteiger charge is -2.43. The number of aromatic nitrogens is 1. The Balaban J connectivity index is 2.11. The van der Waals surface area contributed by atoms with Crippen molar-refractivity contribution in [2.24, 2.45) is 0 Å². The molecule has 6 nitrogen and oxygen atoms in total. The summed E-state index contributed by atoms with van der Waals surface area (Å²) in [4.78, 5) is 31.5. The normalized spacial score (nSPS) is 22.1. The van der Waals surface area contributed by atoms with E-state index in [4.69, 9.17) is 0 Å². The summed E-state index contributed by atoms with van der Waals surface area (Å²) in [6.45, 7) is 4.44. The van der Waals surface area contributed by atoms with Gasteiger partial charge in [-0.1, -0.05) is 0 Å². The molecule has 1 saturated heterocycles. The Morgan fingerprint density at radius 3 is 2.81 bits per heavy atom. The van der Waals surface area contributed by atoms with E-state index in [1.807, 2.05) is 12.3 Å². The number of piperidine rings is 1. The number of rotatable bonds is 3. The maximum atomic E-state index is 12.6. The molecule has 2 heterocycles. The number of hydrogen-bond donors (Lipinski definition) is 1. The van der Waals surface area contributed by atoms with E-state index in [9.17, 15) is 14.7 Å². The molecule has 1 N–H and O–H groups in total. The Morgan fingerprint density at radius 2 is 2.24 bits per heavy atom. The van der Waals surface area contributed by atoms with Gasteiger partial charge in [-0.05, 0) is 33.1 Å². The lowest BCUT2D eigenvalue weighted by Crippen LogP contribution is -2.60. The second-order valence-electron chi connectivity index (χ2n) is 5.68. The number of urea groups is 1. The highest BCUT2D eigenvalue weighted by Gasteiger charge is 2.44. The monoisotopic (exact) mass is 311 g/mol. The van der Waals surface area contributed by atoms with Gasteiger partial charge in [-0.3, -0.25) is 0 Å². The van der Waals surface area contributed by atoms with Crippen LogP contribution in [0.25, 0.3) is 0 Å². The molecule has 0 spiro atoms. The van der Waals surface area contributed by atoms with Gasteiger partial charge in [0.05, 0.1) is 17.2 Å². The number of nitrogens with zero attached hydrogens (tertiary/aromatic N) is 3. The fourth-order valence-electron chi connectivity index (χ4n) is 2.65. The van der Waals surface area contributed by atoms with Crippen LogP contribution in [0.4, 0.5) is 4.79 Å². The van der Waals surface area contributed by atoms with Gasteiger partial charge in [-0.25, -0.2) is 14.6 Å². The fourth-order valence-corrected chi connectivity index (χ4v) is 3.25. The first kappa shape index (κ1) is 15.8. The van der Waals surface area contributed by atoms with Gasteiger partial charge < -0.3 is 14.9 Å². The van der Waals surface area contributed by atoms with Crippen molar-refractivity contribution in [1.29, 1.82) is 0 Å². The molecule has 7 heteroatoms. The minimum absolute atomic E-state index is 0.245. The molecule has 1 atom stereocenters. The molecular formula is C14H21N3O3S. The van der Waals surface area contributed by atoms with Gasteiger partial charge in [0.2, 0.25) is 0 Å². The average Bonchev–Trinajstić information content (AvgIpc) is 2.83. The molecule has 1 aliphatic rings.